The highest BCUT2D eigenvalue weighted by atomic mass is 127. The number of carbonyl (C=O) groups is 1. The fraction of sp³-hybridized carbons (Fsp3) is 0.0909. The lowest BCUT2D eigenvalue weighted by Gasteiger charge is -2.05. The van der Waals surface area contributed by atoms with Gasteiger partial charge in [0.1, 0.15) is 0 Å². The Morgan fingerprint density at radius 2 is 2.29 bits per heavy atom. The van der Waals surface area contributed by atoms with Crippen molar-refractivity contribution >= 4 is 40.1 Å². The maximum atomic E-state index is 11.9. The van der Waals surface area contributed by atoms with Gasteiger partial charge in [-0.2, -0.15) is 0 Å². The van der Waals surface area contributed by atoms with Crippen LogP contribution in [0.3, 0.4) is 0 Å². The molecule has 0 aliphatic rings. The van der Waals surface area contributed by atoms with Crippen LogP contribution in [0.5, 0.6) is 0 Å². The van der Waals surface area contributed by atoms with Gasteiger partial charge in [0.15, 0.2) is 5.76 Å². The summed E-state index contributed by atoms with van der Waals surface area (Å²) in [6.45, 7) is 0.307. The SMILES string of the molecule is O=C(NCc1ccno1)c1cc(Cl)ccc1I. The second kappa shape index (κ2) is 5.50. The van der Waals surface area contributed by atoms with Crippen LogP contribution in [0.1, 0.15) is 16.1 Å². The van der Waals surface area contributed by atoms with E-state index in [0.717, 1.165) is 3.57 Å². The van der Waals surface area contributed by atoms with Gasteiger partial charge in [0, 0.05) is 14.7 Å². The molecule has 0 saturated heterocycles. The van der Waals surface area contributed by atoms with Crippen LogP contribution in [0, 0.1) is 3.57 Å². The van der Waals surface area contributed by atoms with Crippen LogP contribution in [-0.2, 0) is 6.54 Å². The summed E-state index contributed by atoms with van der Waals surface area (Å²) in [7, 11) is 0. The number of hydrogen-bond acceptors (Lipinski definition) is 3. The molecule has 4 nitrogen and oxygen atoms in total. The van der Waals surface area contributed by atoms with Crippen LogP contribution >= 0.6 is 34.2 Å². The average Bonchev–Trinajstić information content (AvgIpc) is 2.82. The van der Waals surface area contributed by atoms with Crippen molar-refractivity contribution in [1.82, 2.24) is 10.5 Å². The van der Waals surface area contributed by atoms with Gasteiger partial charge in [-0.3, -0.25) is 4.79 Å². The zero-order valence-electron chi connectivity index (χ0n) is 8.61. The number of amides is 1. The van der Waals surface area contributed by atoms with Crippen molar-refractivity contribution in [3.63, 3.8) is 0 Å². The van der Waals surface area contributed by atoms with Gasteiger partial charge in [0.2, 0.25) is 0 Å². The Balaban J connectivity index is 2.07. The largest absolute Gasteiger partial charge is 0.360 e. The van der Waals surface area contributed by atoms with E-state index in [-0.39, 0.29) is 5.91 Å². The predicted molar refractivity (Wildman–Crippen MR) is 71.8 cm³/mol. The molecule has 1 aromatic carbocycles. The number of nitrogens with zero attached hydrogens (tertiary/aromatic N) is 1. The Kier molecular flexibility index (Phi) is 4.01. The number of carbonyl (C=O) groups excluding carboxylic acids is 1. The Morgan fingerprint density at radius 1 is 1.47 bits per heavy atom. The topological polar surface area (TPSA) is 55.1 Å². The van der Waals surface area contributed by atoms with Crippen molar-refractivity contribution in [3.05, 3.63) is 50.4 Å². The van der Waals surface area contributed by atoms with E-state index in [1.807, 2.05) is 0 Å². The number of nitrogens with one attached hydrogen (secondary N) is 1. The van der Waals surface area contributed by atoms with Gasteiger partial charge in [-0.25, -0.2) is 0 Å². The number of hydrogen-bond donors (Lipinski definition) is 1. The maximum Gasteiger partial charge on any atom is 0.252 e. The Labute approximate surface area is 116 Å². The molecule has 2 rings (SSSR count). The molecule has 1 aromatic heterocycles. The van der Waals surface area contributed by atoms with E-state index in [1.165, 1.54) is 6.20 Å². The van der Waals surface area contributed by atoms with E-state index in [4.69, 9.17) is 16.1 Å². The standard InChI is InChI=1S/C11H8ClIN2O2/c12-7-1-2-10(13)9(5-7)11(16)14-6-8-3-4-15-17-8/h1-5H,6H2,(H,14,16). The first kappa shape index (κ1) is 12.4. The lowest BCUT2D eigenvalue weighted by molar-refractivity contribution is 0.0946. The minimum Gasteiger partial charge on any atom is -0.360 e. The zero-order chi connectivity index (χ0) is 12.3. The van der Waals surface area contributed by atoms with Gasteiger partial charge in [-0.15, -0.1) is 0 Å². The third-order valence-electron chi connectivity index (χ3n) is 2.09. The molecule has 0 aliphatic heterocycles. The number of rotatable bonds is 3. The summed E-state index contributed by atoms with van der Waals surface area (Å²) in [5.41, 5.74) is 0.553. The van der Waals surface area contributed by atoms with E-state index in [0.29, 0.717) is 22.9 Å². The van der Waals surface area contributed by atoms with E-state index >= 15 is 0 Å². The second-order valence-electron chi connectivity index (χ2n) is 3.29. The van der Waals surface area contributed by atoms with Crippen LogP contribution in [-0.4, -0.2) is 11.1 Å². The molecule has 1 N–H and O–H groups in total. The number of halogens is 2. The third kappa shape index (κ3) is 3.19. The van der Waals surface area contributed by atoms with Crippen molar-refractivity contribution in [2.75, 3.05) is 0 Å². The number of aromatic nitrogens is 1. The summed E-state index contributed by atoms with van der Waals surface area (Å²) in [5, 5.41) is 6.83. The minimum absolute atomic E-state index is 0.187. The molecular formula is C11H8ClIN2O2. The molecule has 6 heteroatoms. The molecule has 1 heterocycles. The van der Waals surface area contributed by atoms with Crippen molar-refractivity contribution in [1.29, 1.82) is 0 Å². The van der Waals surface area contributed by atoms with Crippen molar-refractivity contribution in [2.45, 2.75) is 6.54 Å². The quantitative estimate of drug-likeness (QED) is 0.854. The van der Waals surface area contributed by atoms with Gasteiger partial charge in [-0.05, 0) is 40.8 Å². The first-order valence-electron chi connectivity index (χ1n) is 4.79. The first-order valence-corrected chi connectivity index (χ1v) is 6.25. The van der Waals surface area contributed by atoms with Crippen LogP contribution in [0.2, 0.25) is 5.02 Å². The summed E-state index contributed by atoms with van der Waals surface area (Å²) in [4.78, 5) is 11.9. The molecule has 1 amide bonds. The minimum atomic E-state index is -0.187. The molecule has 2 aromatic rings. The van der Waals surface area contributed by atoms with Crippen molar-refractivity contribution in [2.24, 2.45) is 0 Å². The van der Waals surface area contributed by atoms with E-state index in [2.05, 4.69) is 33.1 Å². The van der Waals surface area contributed by atoms with Gasteiger partial charge in [-0.1, -0.05) is 16.8 Å². The predicted octanol–water partition coefficient (Wildman–Crippen LogP) is 2.86. The molecule has 0 spiro atoms. The summed E-state index contributed by atoms with van der Waals surface area (Å²) in [5.74, 6) is 0.420. The van der Waals surface area contributed by atoms with E-state index in [1.54, 1.807) is 24.3 Å². The molecule has 0 atom stereocenters. The summed E-state index contributed by atoms with van der Waals surface area (Å²) in [6, 6.07) is 6.88. The zero-order valence-corrected chi connectivity index (χ0v) is 11.5. The summed E-state index contributed by atoms with van der Waals surface area (Å²) in [6.07, 6.45) is 1.53. The summed E-state index contributed by atoms with van der Waals surface area (Å²) < 4.78 is 5.73. The van der Waals surface area contributed by atoms with Crippen LogP contribution in [0.25, 0.3) is 0 Å². The molecule has 0 saturated carbocycles. The van der Waals surface area contributed by atoms with Gasteiger partial charge in [0.25, 0.3) is 5.91 Å². The second-order valence-corrected chi connectivity index (χ2v) is 4.88. The highest BCUT2D eigenvalue weighted by molar-refractivity contribution is 14.1. The maximum absolute atomic E-state index is 11.9. The lowest BCUT2D eigenvalue weighted by Crippen LogP contribution is -2.23. The molecule has 0 unspecified atom stereocenters. The Bertz CT molecular complexity index is 528. The fourth-order valence-electron chi connectivity index (χ4n) is 1.27. The van der Waals surface area contributed by atoms with Crippen LogP contribution in [0.4, 0.5) is 0 Å². The molecule has 0 radical (unpaired) electrons. The Hall–Kier alpha value is -1.08. The molecule has 17 heavy (non-hydrogen) atoms. The van der Waals surface area contributed by atoms with Crippen molar-refractivity contribution in [3.8, 4) is 0 Å². The molecule has 0 fully saturated rings. The molecule has 0 aliphatic carbocycles. The lowest BCUT2D eigenvalue weighted by atomic mass is 10.2. The molecular weight excluding hydrogens is 354 g/mol. The average molecular weight is 363 g/mol. The Morgan fingerprint density at radius 3 is 3.00 bits per heavy atom. The smallest absolute Gasteiger partial charge is 0.252 e. The monoisotopic (exact) mass is 362 g/mol. The molecule has 88 valence electrons. The van der Waals surface area contributed by atoms with E-state index in [9.17, 15) is 4.79 Å². The molecule has 0 bridgehead atoms. The number of benzene rings is 1. The van der Waals surface area contributed by atoms with Crippen LogP contribution < -0.4 is 5.32 Å². The highest BCUT2D eigenvalue weighted by Gasteiger charge is 2.10. The summed E-state index contributed by atoms with van der Waals surface area (Å²) >= 11 is 7.94. The fourth-order valence-corrected chi connectivity index (χ4v) is 2.02. The normalized spacial score (nSPS) is 10.2. The van der Waals surface area contributed by atoms with Crippen molar-refractivity contribution < 1.29 is 9.32 Å². The first-order chi connectivity index (χ1) is 8.16. The van der Waals surface area contributed by atoms with Crippen LogP contribution in [0.15, 0.2) is 35.0 Å². The highest BCUT2D eigenvalue weighted by Crippen LogP contribution is 2.17. The van der Waals surface area contributed by atoms with Gasteiger partial charge < -0.3 is 9.84 Å². The van der Waals surface area contributed by atoms with Gasteiger partial charge >= 0.3 is 0 Å². The van der Waals surface area contributed by atoms with E-state index < -0.39 is 0 Å². The third-order valence-corrected chi connectivity index (χ3v) is 3.26. The van der Waals surface area contributed by atoms with Gasteiger partial charge in [0.05, 0.1) is 18.3 Å².